The molecular weight excluding hydrogens is 210 g/mol. The van der Waals surface area contributed by atoms with Crippen molar-refractivity contribution in [3.05, 3.63) is 34.9 Å². The lowest BCUT2D eigenvalue weighted by Gasteiger charge is -2.13. The number of hydrogen-bond donors (Lipinski definition) is 1. The zero-order valence-electron chi connectivity index (χ0n) is 9.56. The molecule has 0 radical (unpaired) electrons. The van der Waals surface area contributed by atoms with Gasteiger partial charge in [0.1, 0.15) is 0 Å². The van der Waals surface area contributed by atoms with E-state index in [-0.39, 0.29) is 12.3 Å². The Labute approximate surface area is 94.1 Å². The Bertz CT molecular complexity index is 409. The predicted molar refractivity (Wildman–Crippen MR) is 58.3 cm³/mol. The van der Waals surface area contributed by atoms with E-state index in [2.05, 4.69) is 0 Å². The highest BCUT2D eigenvalue weighted by Crippen LogP contribution is 2.39. The van der Waals surface area contributed by atoms with E-state index in [1.54, 1.807) is 6.07 Å². The summed E-state index contributed by atoms with van der Waals surface area (Å²) in [4.78, 5) is 0. The monoisotopic (exact) mass is 226 g/mol. The first-order chi connectivity index (χ1) is 7.41. The van der Waals surface area contributed by atoms with Gasteiger partial charge in [0, 0.05) is 6.42 Å². The summed E-state index contributed by atoms with van der Waals surface area (Å²) in [5, 5.41) is 9.74. The van der Waals surface area contributed by atoms with Gasteiger partial charge in [0.25, 0.3) is 0 Å². The minimum atomic E-state index is -0.815. The van der Waals surface area contributed by atoms with E-state index in [0.717, 1.165) is 5.56 Å². The molecule has 1 saturated carbocycles. The zero-order valence-corrected chi connectivity index (χ0v) is 9.56. The Morgan fingerprint density at radius 3 is 2.44 bits per heavy atom. The minimum Gasteiger partial charge on any atom is -0.390 e. The van der Waals surface area contributed by atoms with Gasteiger partial charge in [-0.25, -0.2) is 8.78 Å². The molecule has 1 aliphatic rings. The molecule has 0 saturated heterocycles. The number of hydrogen-bond acceptors (Lipinski definition) is 1. The predicted octanol–water partition coefficient (Wildman–Crippen LogP) is 3.16. The van der Waals surface area contributed by atoms with E-state index < -0.39 is 17.2 Å². The van der Waals surface area contributed by atoms with Gasteiger partial charge in [-0.3, -0.25) is 0 Å². The lowest BCUT2D eigenvalue weighted by atomic mass is 9.97. The summed E-state index contributed by atoms with van der Waals surface area (Å²) in [5.41, 5.74) is 0.282. The second-order valence-electron chi connectivity index (χ2n) is 5.03. The summed E-state index contributed by atoms with van der Waals surface area (Å²) < 4.78 is 26.9. The van der Waals surface area contributed by atoms with E-state index in [1.807, 2.05) is 13.8 Å². The average molecular weight is 226 g/mol. The molecule has 0 aromatic heterocycles. The smallest absolute Gasteiger partial charge is 0.162 e. The molecule has 1 aromatic rings. The van der Waals surface area contributed by atoms with E-state index in [0.29, 0.717) is 18.4 Å². The molecule has 0 heterocycles. The molecule has 1 nitrogen and oxygen atoms in total. The Morgan fingerprint density at radius 1 is 1.31 bits per heavy atom. The van der Waals surface area contributed by atoms with E-state index in [1.165, 1.54) is 6.07 Å². The van der Waals surface area contributed by atoms with Crippen LogP contribution in [0.5, 0.6) is 0 Å². The van der Waals surface area contributed by atoms with Gasteiger partial charge < -0.3 is 5.11 Å². The molecule has 16 heavy (non-hydrogen) atoms. The van der Waals surface area contributed by atoms with Crippen LogP contribution in [0, 0.1) is 11.6 Å². The fourth-order valence-corrected chi connectivity index (χ4v) is 1.81. The van der Waals surface area contributed by atoms with Crippen LogP contribution in [0.15, 0.2) is 12.1 Å². The average Bonchev–Trinajstić information content (AvgIpc) is 2.91. The highest BCUT2D eigenvalue weighted by Gasteiger charge is 2.41. The van der Waals surface area contributed by atoms with Gasteiger partial charge in [0.15, 0.2) is 11.6 Å². The molecular formula is C13H16F2O. The molecule has 0 amide bonds. The molecule has 0 unspecified atom stereocenters. The maximum absolute atomic E-state index is 13.5. The van der Waals surface area contributed by atoms with Gasteiger partial charge >= 0.3 is 0 Å². The second kappa shape index (κ2) is 3.81. The molecule has 1 aromatic carbocycles. The van der Waals surface area contributed by atoms with Crippen molar-refractivity contribution in [1.29, 1.82) is 0 Å². The van der Waals surface area contributed by atoms with Crippen molar-refractivity contribution < 1.29 is 13.9 Å². The molecule has 0 bridgehead atoms. The van der Waals surface area contributed by atoms with Crippen molar-refractivity contribution in [1.82, 2.24) is 0 Å². The largest absolute Gasteiger partial charge is 0.390 e. The summed E-state index contributed by atoms with van der Waals surface area (Å²) in [7, 11) is 0. The fourth-order valence-electron chi connectivity index (χ4n) is 1.81. The van der Waals surface area contributed by atoms with Gasteiger partial charge in [0.05, 0.1) is 5.60 Å². The summed E-state index contributed by atoms with van der Waals surface area (Å²) in [6, 6.07) is 2.90. The van der Waals surface area contributed by atoms with Gasteiger partial charge in [-0.1, -0.05) is 19.9 Å². The first kappa shape index (κ1) is 11.5. The summed E-state index contributed by atoms with van der Waals surface area (Å²) in [6.45, 7) is 3.87. The highest BCUT2D eigenvalue weighted by atomic mass is 19.2. The first-order valence-corrected chi connectivity index (χ1v) is 5.61. The van der Waals surface area contributed by atoms with Crippen LogP contribution in [0.3, 0.4) is 0 Å². The van der Waals surface area contributed by atoms with Crippen LogP contribution >= 0.6 is 0 Å². The van der Waals surface area contributed by atoms with Crippen LogP contribution in [0.25, 0.3) is 0 Å². The van der Waals surface area contributed by atoms with Crippen LogP contribution in [-0.2, 0) is 6.42 Å². The third-order valence-corrected chi connectivity index (χ3v) is 3.14. The quantitative estimate of drug-likeness (QED) is 0.839. The van der Waals surface area contributed by atoms with Crippen molar-refractivity contribution >= 4 is 0 Å². The van der Waals surface area contributed by atoms with Gasteiger partial charge in [-0.15, -0.1) is 0 Å². The molecule has 88 valence electrons. The van der Waals surface area contributed by atoms with Crippen LogP contribution in [-0.4, -0.2) is 10.7 Å². The maximum atomic E-state index is 13.5. The van der Waals surface area contributed by atoms with Crippen LogP contribution in [0.1, 0.15) is 43.7 Å². The molecule has 3 heteroatoms. The minimum absolute atomic E-state index is 0.155. The molecule has 1 N–H and O–H groups in total. The number of aliphatic hydroxyl groups is 1. The summed E-state index contributed by atoms with van der Waals surface area (Å²) in [6.07, 6.45) is 1.58. The van der Waals surface area contributed by atoms with E-state index in [4.69, 9.17) is 0 Å². The van der Waals surface area contributed by atoms with Crippen molar-refractivity contribution in [2.24, 2.45) is 0 Å². The summed E-state index contributed by atoms with van der Waals surface area (Å²) in [5.74, 6) is -1.47. The number of halogens is 2. The van der Waals surface area contributed by atoms with Crippen molar-refractivity contribution in [2.45, 2.75) is 44.6 Å². The standard InChI is InChI=1S/C13H16F2O/c1-8(2)9-5-10(7-13(16)3-4-13)12(15)11(14)6-9/h5-6,8,16H,3-4,7H2,1-2H3. The van der Waals surface area contributed by atoms with Crippen molar-refractivity contribution in [3.8, 4) is 0 Å². The van der Waals surface area contributed by atoms with E-state index in [9.17, 15) is 13.9 Å². The molecule has 0 aliphatic heterocycles. The van der Waals surface area contributed by atoms with Crippen LogP contribution in [0.2, 0.25) is 0 Å². The third-order valence-electron chi connectivity index (χ3n) is 3.14. The Morgan fingerprint density at radius 2 is 1.94 bits per heavy atom. The number of benzene rings is 1. The van der Waals surface area contributed by atoms with Crippen LogP contribution < -0.4 is 0 Å². The van der Waals surface area contributed by atoms with Gasteiger partial charge in [-0.2, -0.15) is 0 Å². The molecule has 2 rings (SSSR count). The topological polar surface area (TPSA) is 20.2 Å². The Kier molecular flexibility index (Phi) is 2.74. The lowest BCUT2D eigenvalue weighted by molar-refractivity contribution is 0.149. The zero-order chi connectivity index (χ0) is 11.9. The molecule has 0 spiro atoms. The maximum Gasteiger partial charge on any atom is 0.162 e. The second-order valence-corrected chi connectivity index (χ2v) is 5.03. The van der Waals surface area contributed by atoms with E-state index >= 15 is 0 Å². The highest BCUT2D eigenvalue weighted by molar-refractivity contribution is 5.30. The van der Waals surface area contributed by atoms with Gasteiger partial charge in [-0.05, 0) is 36.0 Å². The van der Waals surface area contributed by atoms with Crippen molar-refractivity contribution in [2.75, 3.05) is 0 Å². The lowest BCUT2D eigenvalue weighted by Crippen LogP contribution is -2.13. The SMILES string of the molecule is CC(C)c1cc(F)c(F)c(CC2(O)CC2)c1. The molecule has 1 fully saturated rings. The molecule has 0 atom stereocenters. The third kappa shape index (κ3) is 2.24. The Hall–Kier alpha value is -0.960. The van der Waals surface area contributed by atoms with Crippen LogP contribution in [0.4, 0.5) is 8.78 Å². The normalized spacial score (nSPS) is 17.9. The molecule has 1 aliphatic carbocycles. The summed E-state index contributed by atoms with van der Waals surface area (Å²) >= 11 is 0. The first-order valence-electron chi connectivity index (χ1n) is 5.61. The Balaban J connectivity index is 2.34. The number of rotatable bonds is 3. The van der Waals surface area contributed by atoms with Gasteiger partial charge in [0.2, 0.25) is 0 Å². The van der Waals surface area contributed by atoms with Crippen molar-refractivity contribution in [3.63, 3.8) is 0 Å². The fraction of sp³-hybridized carbons (Fsp3) is 0.538.